The number of nitrogens with zero attached hydrogens (tertiary/aromatic N) is 2. The number of rotatable bonds is 2. The highest BCUT2D eigenvalue weighted by Gasteiger charge is 2.43. The van der Waals surface area contributed by atoms with Gasteiger partial charge in [-0.15, -0.1) is 0 Å². The molecule has 2 saturated heterocycles. The highest BCUT2D eigenvalue weighted by atomic mass is 32.2. The van der Waals surface area contributed by atoms with Crippen LogP contribution in [0.2, 0.25) is 0 Å². The summed E-state index contributed by atoms with van der Waals surface area (Å²) in [6.45, 7) is 6.74. The van der Waals surface area contributed by atoms with Crippen LogP contribution in [-0.2, 0) is 10.0 Å². The van der Waals surface area contributed by atoms with Crippen molar-refractivity contribution in [3.05, 3.63) is 29.3 Å². The van der Waals surface area contributed by atoms with E-state index in [0.717, 1.165) is 36.7 Å². The van der Waals surface area contributed by atoms with Gasteiger partial charge in [0.2, 0.25) is 0 Å². The van der Waals surface area contributed by atoms with Crippen molar-refractivity contribution in [3.63, 3.8) is 0 Å². The van der Waals surface area contributed by atoms with Crippen LogP contribution in [0.5, 0.6) is 0 Å². The lowest BCUT2D eigenvalue weighted by atomic mass is 9.78. The van der Waals surface area contributed by atoms with Crippen molar-refractivity contribution >= 4 is 21.8 Å². The van der Waals surface area contributed by atoms with Crippen molar-refractivity contribution in [2.45, 2.75) is 44.0 Å². The first-order chi connectivity index (χ1) is 12.8. The predicted octanol–water partition coefficient (Wildman–Crippen LogP) is 1.46. The van der Waals surface area contributed by atoms with Crippen LogP contribution in [0.15, 0.2) is 23.1 Å². The van der Waals surface area contributed by atoms with Crippen LogP contribution in [0.25, 0.3) is 0 Å². The first-order valence-electron chi connectivity index (χ1n) is 9.48. The van der Waals surface area contributed by atoms with Gasteiger partial charge in [0.05, 0.1) is 5.56 Å². The Labute approximate surface area is 159 Å². The molecule has 0 saturated carbocycles. The molecule has 0 aliphatic carbocycles. The zero-order valence-electron chi connectivity index (χ0n) is 15.7. The Bertz CT molecular complexity index is 894. The number of hydrogen-bond donors (Lipinski definition) is 1. The zero-order chi connectivity index (χ0) is 19.4. The van der Waals surface area contributed by atoms with E-state index in [4.69, 9.17) is 0 Å². The summed E-state index contributed by atoms with van der Waals surface area (Å²) in [7, 11) is -3.90. The average Bonchev–Trinajstić information content (AvgIpc) is 3.16. The molecule has 3 heterocycles. The maximum Gasteiger partial charge on any atom is 0.269 e. The largest absolute Gasteiger partial charge is 0.339 e. The lowest BCUT2D eigenvalue weighted by molar-refractivity contribution is 0.0607. The van der Waals surface area contributed by atoms with E-state index >= 15 is 0 Å². The molecular weight excluding hydrogens is 366 g/mol. The molecule has 0 bridgehead atoms. The van der Waals surface area contributed by atoms with E-state index in [1.54, 1.807) is 24.8 Å². The predicted molar refractivity (Wildman–Crippen MR) is 100.0 cm³/mol. The van der Waals surface area contributed by atoms with E-state index in [9.17, 15) is 18.0 Å². The molecule has 4 rings (SSSR count). The van der Waals surface area contributed by atoms with Gasteiger partial charge in [-0.25, -0.2) is 12.7 Å². The van der Waals surface area contributed by atoms with Gasteiger partial charge in [-0.2, -0.15) is 0 Å². The first kappa shape index (κ1) is 18.4. The third-order valence-corrected chi connectivity index (χ3v) is 8.11. The lowest BCUT2D eigenvalue weighted by Gasteiger charge is -2.38. The van der Waals surface area contributed by atoms with Gasteiger partial charge in [-0.3, -0.25) is 9.59 Å². The van der Waals surface area contributed by atoms with Crippen LogP contribution in [0.4, 0.5) is 0 Å². The highest BCUT2D eigenvalue weighted by Crippen LogP contribution is 2.38. The summed E-state index contributed by atoms with van der Waals surface area (Å²) in [6, 6.07) is 3.94. The number of hydrogen-bond acceptors (Lipinski definition) is 5. The Morgan fingerprint density at radius 2 is 1.89 bits per heavy atom. The van der Waals surface area contributed by atoms with E-state index in [0.29, 0.717) is 24.1 Å². The SMILES string of the molecule is CC(C)N1C(=O)c2ccc(C(=O)N3CCC4(CCNC4)CC3)cc2S1(=O)=O. The van der Waals surface area contributed by atoms with Crippen LogP contribution in [0.3, 0.4) is 0 Å². The second kappa shape index (κ2) is 6.31. The third-order valence-electron chi connectivity index (χ3n) is 6.11. The minimum Gasteiger partial charge on any atom is -0.339 e. The van der Waals surface area contributed by atoms with Crippen LogP contribution in [0, 0.1) is 5.41 Å². The van der Waals surface area contributed by atoms with Gasteiger partial charge in [0, 0.05) is 31.2 Å². The number of likely N-dealkylation sites (tertiary alicyclic amines) is 1. The Hall–Kier alpha value is -1.93. The maximum atomic E-state index is 12.9. The molecule has 8 heteroatoms. The summed E-state index contributed by atoms with van der Waals surface area (Å²) in [6.07, 6.45) is 3.09. The summed E-state index contributed by atoms with van der Waals surface area (Å²) < 4.78 is 26.4. The maximum absolute atomic E-state index is 12.9. The van der Waals surface area contributed by atoms with E-state index in [-0.39, 0.29) is 16.4 Å². The molecule has 1 aromatic rings. The molecule has 0 radical (unpaired) electrons. The number of fused-ring (bicyclic) bond motifs is 1. The number of amides is 2. The molecule has 7 nitrogen and oxygen atoms in total. The summed E-state index contributed by atoms with van der Waals surface area (Å²) in [4.78, 5) is 27.1. The monoisotopic (exact) mass is 391 g/mol. The number of nitrogens with one attached hydrogen (secondary N) is 1. The van der Waals surface area contributed by atoms with Crippen LogP contribution >= 0.6 is 0 Å². The molecule has 0 aromatic heterocycles. The van der Waals surface area contributed by atoms with E-state index < -0.39 is 22.0 Å². The van der Waals surface area contributed by atoms with E-state index in [2.05, 4.69) is 5.32 Å². The fraction of sp³-hybridized carbons (Fsp3) is 0.579. The van der Waals surface area contributed by atoms with Crippen LogP contribution < -0.4 is 5.32 Å². The van der Waals surface area contributed by atoms with Gasteiger partial charge in [-0.1, -0.05) is 0 Å². The standard InChI is InChI=1S/C19H25N3O4S/c1-13(2)22-18(24)15-4-3-14(11-16(15)27(22,25)26)17(23)21-9-6-19(7-10-21)5-8-20-12-19/h3-4,11,13,20H,5-10,12H2,1-2H3. The molecule has 0 unspecified atom stereocenters. The number of sulfonamides is 1. The quantitative estimate of drug-likeness (QED) is 0.825. The van der Waals surface area contributed by atoms with E-state index in [1.165, 1.54) is 12.1 Å². The molecule has 27 heavy (non-hydrogen) atoms. The lowest BCUT2D eigenvalue weighted by Crippen LogP contribution is -2.44. The van der Waals surface area contributed by atoms with E-state index in [1.807, 2.05) is 0 Å². The minimum atomic E-state index is -3.90. The van der Waals surface area contributed by atoms with Gasteiger partial charge in [0.25, 0.3) is 21.8 Å². The fourth-order valence-electron chi connectivity index (χ4n) is 4.48. The fourth-order valence-corrected chi connectivity index (χ4v) is 6.27. The first-order valence-corrected chi connectivity index (χ1v) is 10.9. The van der Waals surface area contributed by atoms with Crippen molar-refractivity contribution in [2.75, 3.05) is 26.2 Å². The third kappa shape index (κ3) is 2.86. The number of benzene rings is 1. The minimum absolute atomic E-state index is 0.0551. The highest BCUT2D eigenvalue weighted by molar-refractivity contribution is 7.90. The van der Waals surface area contributed by atoms with Crippen molar-refractivity contribution in [1.29, 1.82) is 0 Å². The molecule has 1 N–H and O–H groups in total. The van der Waals surface area contributed by atoms with Crippen molar-refractivity contribution in [1.82, 2.24) is 14.5 Å². The molecule has 2 fully saturated rings. The molecule has 2 amide bonds. The van der Waals surface area contributed by atoms with Gasteiger partial charge in [-0.05, 0) is 63.3 Å². The second-order valence-corrected chi connectivity index (χ2v) is 9.91. The van der Waals surface area contributed by atoms with Crippen molar-refractivity contribution < 1.29 is 18.0 Å². The molecular formula is C19H25N3O4S. The number of carbonyl (C=O) groups excluding carboxylic acids is 2. The molecule has 3 aliphatic rings. The zero-order valence-corrected chi connectivity index (χ0v) is 16.5. The summed E-state index contributed by atoms with van der Waals surface area (Å²) >= 11 is 0. The van der Waals surface area contributed by atoms with Gasteiger partial charge in [0.1, 0.15) is 4.90 Å². The summed E-state index contributed by atoms with van der Waals surface area (Å²) in [5.74, 6) is -0.683. The Kier molecular flexibility index (Phi) is 4.31. The van der Waals surface area contributed by atoms with Crippen LogP contribution in [0.1, 0.15) is 53.8 Å². The second-order valence-electron chi connectivity index (χ2n) is 8.13. The average molecular weight is 391 g/mol. The smallest absolute Gasteiger partial charge is 0.269 e. The Balaban J connectivity index is 1.58. The normalized spacial score (nSPS) is 23.3. The Morgan fingerprint density at radius 3 is 2.48 bits per heavy atom. The van der Waals surface area contributed by atoms with Gasteiger partial charge in [0.15, 0.2) is 0 Å². The number of piperidine rings is 1. The summed E-state index contributed by atoms with van der Waals surface area (Å²) in [5.41, 5.74) is 0.786. The molecule has 0 atom stereocenters. The van der Waals surface area contributed by atoms with Crippen LogP contribution in [-0.4, -0.2) is 61.7 Å². The van der Waals surface area contributed by atoms with Gasteiger partial charge < -0.3 is 10.2 Å². The van der Waals surface area contributed by atoms with Crippen molar-refractivity contribution in [2.24, 2.45) is 5.41 Å². The molecule has 146 valence electrons. The van der Waals surface area contributed by atoms with Gasteiger partial charge >= 0.3 is 0 Å². The van der Waals surface area contributed by atoms with Crippen molar-refractivity contribution in [3.8, 4) is 0 Å². The molecule has 3 aliphatic heterocycles. The molecule has 1 spiro atoms. The topological polar surface area (TPSA) is 86.8 Å². The Morgan fingerprint density at radius 1 is 1.19 bits per heavy atom. The molecule has 1 aromatic carbocycles. The number of carbonyl (C=O) groups is 2. The summed E-state index contributed by atoms with van der Waals surface area (Å²) in [5, 5.41) is 3.41.